The summed E-state index contributed by atoms with van der Waals surface area (Å²) in [4.78, 5) is 13.8. The summed E-state index contributed by atoms with van der Waals surface area (Å²) in [5, 5.41) is 3.53. The van der Waals surface area contributed by atoms with Gasteiger partial charge in [-0.05, 0) is 58.7 Å². The molecule has 4 nitrogen and oxygen atoms in total. The Labute approximate surface area is 299 Å². The molecule has 0 spiro atoms. The van der Waals surface area contributed by atoms with Gasteiger partial charge in [-0.3, -0.25) is 0 Å². The Morgan fingerprint density at radius 1 is 0.729 bits per heavy atom. The molecule has 4 heterocycles. The zero-order valence-electron chi connectivity index (χ0n) is 28.6. The molecule has 1 atom stereocenters. The molecule has 4 aromatic heterocycles. The summed E-state index contributed by atoms with van der Waals surface area (Å²) in [6, 6.07) is 39.8. The van der Waals surface area contributed by atoms with Gasteiger partial charge in [0.25, 0.3) is 0 Å². The molecule has 6 heteroatoms. The Bertz CT molecular complexity index is 2140. The van der Waals surface area contributed by atoms with Gasteiger partial charge in [0.2, 0.25) is 5.71 Å². The van der Waals surface area contributed by atoms with E-state index in [-0.39, 0.29) is 20.1 Å². The number of furan rings is 1. The molecule has 1 unspecified atom stereocenters. The second-order valence-corrected chi connectivity index (χ2v) is 18.5. The van der Waals surface area contributed by atoms with E-state index in [0.717, 1.165) is 44.6 Å². The first-order valence-electron chi connectivity index (χ1n) is 16.3. The fourth-order valence-corrected chi connectivity index (χ4v) is 7.53. The number of pyridine rings is 3. The third-order valence-electron chi connectivity index (χ3n) is 8.64. The predicted molar refractivity (Wildman–Crippen MR) is 198 cm³/mol. The summed E-state index contributed by atoms with van der Waals surface area (Å²) in [6.45, 7) is 15.8. The van der Waals surface area contributed by atoms with Crippen LogP contribution in [0.3, 0.4) is 0 Å². The minimum absolute atomic E-state index is 0. The van der Waals surface area contributed by atoms with Crippen molar-refractivity contribution >= 4 is 35.3 Å². The second kappa shape index (κ2) is 14.9. The Balaban J connectivity index is 0.000000184. The number of aryl methyl sites for hydroxylation is 1. The van der Waals surface area contributed by atoms with Crippen LogP contribution in [0.15, 0.2) is 114 Å². The molecular formula is C42H41IrN3OSi-2. The van der Waals surface area contributed by atoms with Gasteiger partial charge in [-0.1, -0.05) is 99.4 Å². The molecule has 1 radical (unpaired) electrons. The van der Waals surface area contributed by atoms with Crippen LogP contribution in [0.4, 0.5) is 0 Å². The number of nitrogens with zero attached hydrogens (tertiary/aromatic N) is 3. The van der Waals surface area contributed by atoms with Crippen LogP contribution in [0.5, 0.6) is 0 Å². The third-order valence-corrected chi connectivity index (χ3v) is 10.7. The van der Waals surface area contributed by atoms with Crippen LogP contribution in [0.1, 0.15) is 55.0 Å². The topological polar surface area (TPSA) is 51.8 Å². The number of hydrogen-bond donors (Lipinski definition) is 0. The van der Waals surface area contributed by atoms with Gasteiger partial charge in [0.05, 0.1) is 13.7 Å². The largest absolute Gasteiger partial charge is 0.486 e. The zero-order valence-corrected chi connectivity index (χ0v) is 32.0. The molecule has 7 rings (SSSR count). The Morgan fingerprint density at radius 2 is 1.50 bits per heavy atom. The minimum Gasteiger partial charge on any atom is -0.486 e. The monoisotopic (exact) mass is 824 g/mol. The Hall–Kier alpha value is -4.22. The third kappa shape index (κ3) is 7.57. The smallest absolute Gasteiger partial charge is 0.216 e. The number of benzene rings is 3. The first kappa shape index (κ1) is 35.1. The number of fused-ring (bicyclic) bond motifs is 3. The molecule has 0 saturated carbocycles. The molecule has 0 N–H and O–H groups in total. The van der Waals surface area contributed by atoms with E-state index in [4.69, 9.17) is 9.40 Å². The zero-order chi connectivity index (χ0) is 33.1. The van der Waals surface area contributed by atoms with Crippen molar-refractivity contribution in [3.8, 4) is 22.5 Å². The SMILES string of the molecule is CC(c1ccccc1)c1cc(-c2[c-]cccc2)ncc1[Si](C)(C)C.Cc1ccc2c(n1)oc1c(-c3cc(C(C)C)ccn3)[c-]ccc12.[Ir]. The molecule has 0 amide bonds. The molecule has 0 saturated heterocycles. The van der Waals surface area contributed by atoms with Crippen LogP contribution in [0.2, 0.25) is 19.6 Å². The van der Waals surface area contributed by atoms with Crippen LogP contribution in [-0.2, 0) is 20.1 Å². The number of rotatable bonds is 6. The molecule has 3 aromatic carbocycles. The average molecular weight is 824 g/mol. The van der Waals surface area contributed by atoms with Crippen molar-refractivity contribution in [3.63, 3.8) is 0 Å². The molecular weight excluding hydrogens is 783 g/mol. The maximum absolute atomic E-state index is 6.04. The fraction of sp³-hybridized carbons (Fsp3) is 0.214. The standard InChI is InChI=1S/C22H24NSi.C20H17N2O.Ir/c1-17(18-11-7-5-8-12-18)20-15-21(19-13-9-6-10-14-19)23-16-22(20)24(2,3)4;1-12(2)14-9-10-21-18(11-14)17-6-4-5-15-16-8-7-13(3)22-20(16)23-19(15)17;/h5-13,15-17H,1-4H3;4-5,7-12H,1-3H3;/q2*-1;. The van der Waals surface area contributed by atoms with E-state index in [2.05, 4.69) is 129 Å². The molecule has 0 aliphatic carbocycles. The van der Waals surface area contributed by atoms with Crippen molar-refractivity contribution < 1.29 is 24.5 Å². The first-order chi connectivity index (χ1) is 22.6. The summed E-state index contributed by atoms with van der Waals surface area (Å²) in [5.74, 6) is 0.814. The van der Waals surface area contributed by atoms with Gasteiger partial charge in [0.15, 0.2) is 0 Å². The number of hydrogen-bond acceptors (Lipinski definition) is 4. The van der Waals surface area contributed by atoms with E-state index in [9.17, 15) is 0 Å². The van der Waals surface area contributed by atoms with Gasteiger partial charge < -0.3 is 14.4 Å². The predicted octanol–water partition coefficient (Wildman–Crippen LogP) is 10.5. The summed E-state index contributed by atoms with van der Waals surface area (Å²) >= 11 is 0. The van der Waals surface area contributed by atoms with Crippen LogP contribution >= 0.6 is 0 Å². The van der Waals surface area contributed by atoms with Crippen LogP contribution in [-0.4, -0.2) is 23.0 Å². The molecule has 48 heavy (non-hydrogen) atoms. The quantitative estimate of drug-likeness (QED) is 0.124. The van der Waals surface area contributed by atoms with Crippen molar-refractivity contribution in [1.29, 1.82) is 0 Å². The normalized spacial score (nSPS) is 12.0. The molecule has 0 fully saturated rings. The Kier molecular flexibility index (Phi) is 10.9. The van der Waals surface area contributed by atoms with E-state index in [0.29, 0.717) is 17.5 Å². The van der Waals surface area contributed by atoms with Gasteiger partial charge in [-0.2, -0.15) is 0 Å². The van der Waals surface area contributed by atoms with Gasteiger partial charge >= 0.3 is 0 Å². The molecule has 0 aliphatic rings. The second-order valence-electron chi connectivity index (χ2n) is 13.4. The summed E-state index contributed by atoms with van der Waals surface area (Å²) in [5.41, 5.74) is 10.3. The van der Waals surface area contributed by atoms with Crippen LogP contribution in [0, 0.1) is 19.1 Å². The molecule has 7 aromatic rings. The van der Waals surface area contributed by atoms with Crippen LogP contribution in [0.25, 0.3) is 44.6 Å². The molecule has 0 bridgehead atoms. The minimum atomic E-state index is -1.47. The van der Waals surface area contributed by atoms with Crippen molar-refractivity contribution in [1.82, 2.24) is 15.0 Å². The van der Waals surface area contributed by atoms with E-state index in [1.54, 1.807) is 0 Å². The molecule has 245 valence electrons. The van der Waals surface area contributed by atoms with Crippen LogP contribution < -0.4 is 5.19 Å². The maximum Gasteiger partial charge on any atom is 0.216 e. The van der Waals surface area contributed by atoms with E-state index in [1.807, 2.05) is 49.5 Å². The van der Waals surface area contributed by atoms with Gasteiger partial charge in [-0.15, -0.1) is 54.1 Å². The fourth-order valence-electron chi connectivity index (χ4n) is 5.92. The summed E-state index contributed by atoms with van der Waals surface area (Å²) in [6.07, 6.45) is 3.96. The summed E-state index contributed by atoms with van der Waals surface area (Å²) < 4.78 is 6.04. The summed E-state index contributed by atoms with van der Waals surface area (Å²) in [7, 11) is -1.47. The Morgan fingerprint density at radius 3 is 2.21 bits per heavy atom. The molecule has 0 aliphatic heterocycles. The first-order valence-corrected chi connectivity index (χ1v) is 19.8. The van der Waals surface area contributed by atoms with Gasteiger partial charge in [0.1, 0.15) is 0 Å². The van der Waals surface area contributed by atoms with Gasteiger partial charge in [0, 0.05) is 49.5 Å². The van der Waals surface area contributed by atoms with Crippen molar-refractivity contribution in [3.05, 3.63) is 144 Å². The number of aromatic nitrogens is 3. The van der Waals surface area contributed by atoms with E-state index in [1.165, 1.54) is 21.9 Å². The van der Waals surface area contributed by atoms with Crippen molar-refractivity contribution in [2.75, 3.05) is 0 Å². The van der Waals surface area contributed by atoms with E-state index >= 15 is 0 Å². The van der Waals surface area contributed by atoms with E-state index < -0.39 is 8.07 Å². The van der Waals surface area contributed by atoms with Crippen molar-refractivity contribution in [2.45, 2.75) is 59.2 Å². The maximum atomic E-state index is 6.04. The van der Waals surface area contributed by atoms with Crippen molar-refractivity contribution in [2.24, 2.45) is 0 Å². The van der Waals surface area contributed by atoms with Gasteiger partial charge in [-0.25, -0.2) is 4.98 Å². The average Bonchev–Trinajstić information content (AvgIpc) is 3.46.